The van der Waals surface area contributed by atoms with Crippen LogP contribution in [-0.2, 0) is 26.3 Å². The highest BCUT2D eigenvalue weighted by molar-refractivity contribution is 7.90. The summed E-state index contributed by atoms with van der Waals surface area (Å²) in [5.41, 5.74) is 1.19. The van der Waals surface area contributed by atoms with Gasteiger partial charge in [0.05, 0.1) is 9.79 Å². The first kappa shape index (κ1) is 24.5. The number of benzene rings is 1. The summed E-state index contributed by atoms with van der Waals surface area (Å²) < 4.78 is 50.1. The highest BCUT2D eigenvalue weighted by Crippen LogP contribution is 2.17. The number of hydrogen-bond acceptors (Lipinski definition) is 6. The molecule has 0 aliphatic carbocycles. The number of pyridine rings is 1. The Labute approximate surface area is 179 Å². The van der Waals surface area contributed by atoms with Gasteiger partial charge >= 0.3 is 0 Å². The van der Waals surface area contributed by atoms with Gasteiger partial charge in [0.25, 0.3) is 0 Å². The average molecular weight is 455 g/mol. The zero-order chi connectivity index (χ0) is 22.0. The second kappa shape index (κ2) is 11.5. The standard InChI is InChI=1S/C21H30N2O5S2/c1-29(25,26)20-10-12-21(13-11-20)30(27,28)23-15-3-2-6-19(17-24)8-4-7-18-9-5-14-22-16-18/h5,9-14,16,19,23-24H,2-4,6-8,15,17H2,1H3. The molecule has 0 saturated carbocycles. The third-order valence-corrected chi connectivity index (χ3v) is 7.56. The predicted molar refractivity (Wildman–Crippen MR) is 116 cm³/mol. The molecule has 2 N–H and O–H groups in total. The fourth-order valence-electron chi connectivity index (χ4n) is 3.18. The maximum Gasteiger partial charge on any atom is 0.240 e. The van der Waals surface area contributed by atoms with Crippen LogP contribution in [0.3, 0.4) is 0 Å². The summed E-state index contributed by atoms with van der Waals surface area (Å²) in [6, 6.07) is 9.13. The molecule has 0 radical (unpaired) electrons. The Bertz CT molecular complexity index is 976. The fraction of sp³-hybridized carbons (Fsp3) is 0.476. The van der Waals surface area contributed by atoms with E-state index in [4.69, 9.17) is 0 Å². The number of nitrogens with one attached hydrogen (secondary N) is 1. The minimum absolute atomic E-state index is 0.0403. The lowest BCUT2D eigenvalue weighted by molar-refractivity contribution is 0.205. The van der Waals surface area contributed by atoms with Crippen LogP contribution in [0.1, 0.15) is 37.7 Å². The van der Waals surface area contributed by atoms with Crippen molar-refractivity contribution in [1.82, 2.24) is 9.71 Å². The summed E-state index contributed by atoms with van der Waals surface area (Å²) in [6.45, 7) is 0.426. The number of nitrogens with zero attached hydrogens (tertiary/aromatic N) is 1. The highest BCUT2D eigenvalue weighted by Gasteiger charge is 2.15. The van der Waals surface area contributed by atoms with Crippen LogP contribution in [-0.4, -0.2) is 46.3 Å². The monoisotopic (exact) mass is 454 g/mol. The Morgan fingerprint density at radius 3 is 2.23 bits per heavy atom. The molecule has 7 nitrogen and oxygen atoms in total. The van der Waals surface area contributed by atoms with E-state index >= 15 is 0 Å². The van der Waals surface area contributed by atoms with Gasteiger partial charge in [-0.1, -0.05) is 12.5 Å². The Morgan fingerprint density at radius 2 is 1.63 bits per heavy atom. The SMILES string of the molecule is CS(=O)(=O)c1ccc(S(=O)(=O)NCCCCC(CO)CCCc2cccnc2)cc1. The molecule has 1 heterocycles. The molecule has 1 aromatic carbocycles. The van der Waals surface area contributed by atoms with Gasteiger partial charge in [-0.05, 0) is 73.9 Å². The molecule has 30 heavy (non-hydrogen) atoms. The molecule has 0 bridgehead atoms. The van der Waals surface area contributed by atoms with Crippen LogP contribution in [0.4, 0.5) is 0 Å². The summed E-state index contributed by atoms with van der Waals surface area (Å²) in [5, 5.41) is 9.57. The predicted octanol–water partition coefficient (Wildman–Crippen LogP) is 2.57. The Hall–Kier alpha value is -1.81. The van der Waals surface area contributed by atoms with Gasteiger partial charge in [-0.3, -0.25) is 4.98 Å². The van der Waals surface area contributed by atoms with Crippen LogP contribution in [0, 0.1) is 5.92 Å². The van der Waals surface area contributed by atoms with Crippen LogP contribution in [0.15, 0.2) is 58.6 Å². The highest BCUT2D eigenvalue weighted by atomic mass is 32.2. The molecule has 2 aromatic rings. The first-order chi connectivity index (χ1) is 14.2. The molecule has 0 saturated heterocycles. The number of unbranched alkanes of at least 4 members (excludes halogenated alkanes) is 1. The summed E-state index contributed by atoms with van der Waals surface area (Å²) in [6.07, 6.45) is 9.84. The second-order valence-corrected chi connectivity index (χ2v) is 11.2. The maximum atomic E-state index is 12.3. The van der Waals surface area contributed by atoms with Gasteiger partial charge in [0.2, 0.25) is 10.0 Å². The summed E-state index contributed by atoms with van der Waals surface area (Å²) in [4.78, 5) is 4.22. The van der Waals surface area contributed by atoms with E-state index in [0.717, 1.165) is 38.4 Å². The van der Waals surface area contributed by atoms with Crippen molar-refractivity contribution in [2.45, 2.75) is 48.3 Å². The Balaban J connectivity index is 1.70. The van der Waals surface area contributed by atoms with Crippen LogP contribution < -0.4 is 4.72 Å². The first-order valence-corrected chi connectivity index (χ1v) is 13.4. The molecule has 0 aliphatic rings. The minimum atomic E-state index is -3.67. The summed E-state index contributed by atoms with van der Waals surface area (Å²) in [5.74, 6) is 0.210. The number of sulfonamides is 1. The molecule has 0 aliphatic heterocycles. The molecule has 166 valence electrons. The smallest absolute Gasteiger partial charge is 0.240 e. The molecule has 1 aromatic heterocycles. The lowest BCUT2D eigenvalue weighted by atomic mass is 9.95. The van der Waals surface area contributed by atoms with Crippen molar-refractivity contribution in [3.63, 3.8) is 0 Å². The van der Waals surface area contributed by atoms with Crippen molar-refractivity contribution in [2.24, 2.45) is 5.92 Å². The van der Waals surface area contributed by atoms with E-state index in [1.165, 1.54) is 29.8 Å². The number of aliphatic hydroxyl groups is 1. The number of rotatable bonds is 13. The minimum Gasteiger partial charge on any atom is -0.396 e. The van der Waals surface area contributed by atoms with E-state index in [-0.39, 0.29) is 22.3 Å². The van der Waals surface area contributed by atoms with E-state index in [1.807, 2.05) is 18.3 Å². The Morgan fingerprint density at radius 1 is 0.967 bits per heavy atom. The maximum absolute atomic E-state index is 12.3. The number of aliphatic hydroxyl groups excluding tert-OH is 1. The topological polar surface area (TPSA) is 113 Å². The van der Waals surface area contributed by atoms with E-state index in [2.05, 4.69) is 9.71 Å². The molecular formula is C21H30N2O5S2. The second-order valence-electron chi connectivity index (χ2n) is 7.44. The number of aryl methyl sites for hydroxylation is 1. The van der Waals surface area contributed by atoms with Gasteiger partial charge in [0, 0.05) is 31.8 Å². The van der Waals surface area contributed by atoms with E-state index in [0.29, 0.717) is 13.0 Å². The van der Waals surface area contributed by atoms with E-state index < -0.39 is 19.9 Å². The Kier molecular flexibility index (Phi) is 9.41. The van der Waals surface area contributed by atoms with Crippen molar-refractivity contribution < 1.29 is 21.9 Å². The fourth-order valence-corrected chi connectivity index (χ4v) is 4.89. The van der Waals surface area contributed by atoms with Gasteiger partial charge in [-0.15, -0.1) is 0 Å². The van der Waals surface area contributed by atoms with Crippen LogP contribution in [0.5, 0.6) is 0 Å². The molecule has 9 heteroatoms. The van der Waals surface area contributed by atoms with E-state index in [9.17, 15) is 21.9 Å². The van der Waals surface area contributed by atoms with Gasteiger partial charge in [0.15, 0.2) is 9.84 Å². The lowest BCUT2D eigenvalue weighted by Crippen LogP contribution is -2.25. The quantitative estimate of drug-likeness (QED) is 0.450. The van der Waals surface area contributed by atoms with Crippen LogP contribution in [0.2, 0.25) is 0 Å². The average Bonchev–Trinajstić information content (AvgIpc) is 2.72. The molecule has 0 spiro atoms. The third-order valence-electron chi connectivity index (χ3n) is 4.95. The molecule has 2 rings (SSSR count). The normalized spacial score (nSPS) is 13.3. The van der Waals surface area contributed by atoms with Gasteiger partial charge in [-0.25, -0.2) is 21.6 Å². The van der Waals surface area contributed by atoms with Crippen LogP contribution >= 0.6 is 0 Å². The summed E-state index contributed by atoms with van der Waals surface area (Å²) in [7, 11) is -7.04. The molecular weight excluding hydrogens is 424 g/mol. The zero-order valence-corrected chi connectivity index (χ0v) is 18.8. The summed E-state index contributed by atoms with van der Waals surface area (Å²) >= 11 is 0. The van der Waals surface area contributed by atoms with E-state index in [1.54, 1.807) is 6.20 Å². The van der Waals surface area contributed by atoms with Crippen molar-refractivity contribution in [3.8, 4) is 0 Å². The van der Waals surface area contributed by atoms with Gasteiger partial charge in [0.1, 0.15) is 0 Å². The van der Waals surface area contributed by atoms with Crippen molar-refractivity contribution >= 4 is 19.9 Å². The van der Waals surface area contributed by atoms with Crippen molar-refractivity contribution in [3.05, 3.63) is 54.4 Å². The van der Waals surface area contributed by atoms with Crippen LogP contribution in [0.25, 0.3) is 0 Å². The zero-order valence-electron chi connectivity index (χ0n) is 17.2. The van der Waals surface area contributed by atoms with Gasteiger partial charge < -0.3 is 5.11 Å². The number of sulfone groups is 1. The third kappa shape index (κ3) is 8.14. The first-order valence-electron chi connectivity index (χ1n) is 10.0. The lowest BCUT2D eigenvalue weighted by Gasteiger charge is -2.14. The van der Waals surface area contributed by atoms with Gasteiger partial charge in [-0.2, -0.15) is 0 Å². The molecule has 0 amide bonds. The number of hydrogen-bond donors (Lipinski definition) is 2. The largest absolute Gasteiger partial charge is 0.396 e. The molecule has 1 atom stereocenters. The van der Waals surface area contributed by atoms with Crippen molar-refractivity contribution in [2.75, 3.05) is 19.4 Å². The molecule has 1 unspecified atom stereocenters. The molecule has 0 fully saturated rings. The van der Waals surface area contributed by atoms with Crippen molar-refractivity contribution in [1.29, 1.82) is 0 Å². The number of aromatic nitrogens is 1.